The van der Waals surface area contributed by atoms with Gasteiger partial charge in [-0.25, -0.2) is 0 Å². The van der Waals surface area contributed by atoms with Crippen molar-refractivity contribution >= 4 is 11.6 Å². The zero-order chi connectivity index (χ0) is 14.7. The maximum atomic E-state index is 12.2. The van der Waals surface area contributed by atoms with Crippen LogP contribution in [0.4, 0.5) is 5.69 Å². The molecule has 1 aliphatic heterocycles. The van der Waals surface area contributed by atoms with E-state index < -0.39 is 4.92 Å². The number of nitro groups is 1. The Bertz CT molecular complexity index is 516. The highest BCUT2D eigenvalue weighted by molar-refractivity contribution is 5.79. The van der Waals surface area contributed by atoms with Crippen molar-refractivity contribution in [3.8, 4) is 0 Å². The van der Waals surface area contributed by atoms with Gasteiger partial charge in [0.05, 0.1) is 11.3 Å². The van der Waals surface area contributed by atoms with E-state index in [0.717, 1.165) is 13.0 Å². The lowest BCUT2D eigenvalue weighted by molar-refractivity contribution is -0.384. The van der Waals surface area contributed by atoms with Crippen molar-refractivity contribution in [1.82, 2.24) is 4.90 Å². The second-order valence-electron chi connectivity index (χ2n) is 5.35. The molecular weight excluding hydrogens is 258 g/mol. The monoisotopic (exact) mass is 277 g/mol. The van der Waals surface area contributed by atoms with Gasteiger partial charge in [0.15, 0.2) is 0 Å². The van der Waals surface area contributed by atoms with Crippen LogP contribution >= 0.6 is 0 Å². The molecule has 1 aromatic rings. The van der Waals surface area contributed by atoms with Crippen molar-refractivity contribution in [2.24, 2.45) is 11.7 Å². The van der Waals surface area contributed by atoms with Crippen LogP contribution in [0.5, 0.6) is 0 Å². The highest BCUT2D eigenvalue weighted by Gasteiger charge is 2.28. The third-order valence-corrected chi connectivity index (χ3v) is 3.80. The van der Waals surface area contributed by atoms with Crippen molar-refractivity contribution < 1.29 is 9.72 Å². The molecule has 1 fully saturated rings. The molecular formula is C14H19N3O3. The van der Waals surface area contributed by atoms with Crippen LogP contribution in [0.25, 0.3) is 0 Å². The first kappa shape index (κ1) is 14.5. The van der Waals surface area contributed by atoms with Crippen LogP contribution in [-0.2, 0) is 11.2 Å². The number of likely N-dealkylation sites (tertiary alicyclic amines) is 1. The van der Waals surface area contributed by atoms with Gasteiger partial charge in [0, 0.05) is 31.3 Å². The molecule has 6 nitrogen and oxygen atoms in total. The van der Waals surface area contributed by atoms with E-state index in [0.29, 0.717) is 18.0 Å². The van der Waals surface area contributed by atoms with Crippen molar-refractivity contribution in [3.63, 3.8) is 0 Å². The Hall–Kier alpha value is -1.95. The standard InChI is InChI=1S/C14H19N3O3/c1-10(15)12-5-6-16(9-12)14(18)8-11-3-2-4-13(7-11)17(19)20/h2-4,7,10,12H,5-6,8-9,15H2,1H3. The number of hydrogen-bond acceptors (Lipinski definition) is 4. The van der Waals surface area contributed by atoms with Crippen LogP contribution < -0.4 is 5.73 Å². The van der Waals surface area contributed by atoms with E-state index >= 15 is 0 Å². The number of benzene rings is 1. The third kappa shape index (κ3) is 3.33. The number of carbonyl (C=O) groups is 1. The number of rotatable bonds is 4. The topological polar surface area (TPSA) is 89.5 Å². The fraction of sp³-hybridized carbons (Fsp3) is 0.500. The summed E-state index contributed by atoms with van der Waals surface area (Å²) in [6, 6.07) is 6.32. The predicted octanol–water partition coefficient (Wildman–Crippen LogP) is 1.33. The molecule has 108 valence electrons. The van der Waals surface area contributed by atoms with Gasteiger partial charge in [-0.15, -0.1) is 0 Å². The van der Waals surface area contributed by atoms with Gasteiger partial charge < -0.3 is 10.6 Å². The lowest BCUT2D eigenvalue weighted by Crippen LogP contribution is -2.33. The largest absolute Gasteiger partial charge is 0.342 e. The van der Waals surface area contributed by atoms with E-state index in [2.05, 4.69) is 0 Å². The molecule has 0 spiro atoms. The van der Waals surface area contributed by atoms with Gasteiger partial charge in [-0.1, -0.05) is 12.1 Å². The van der Waals surface area contributed by atoms with E-state index in [9.17, 15) is 14.9 Å². The predicted molar refractivity (Wildman–Crippen MR) is 75.1 cm³/mol. The summed E-state index contributed by atoms with van der Waals surface area (Å²) in [7, 11) is 0. The second kappa shape index (κ2) is 6.00. The molecule has 2 N–H and O–H groups in total. The molecule has 0 radical (unpaired) electrons. The average molecular weight is 277 g/mol. The van der Waals surface area contributed by atoms with Gasteiger partial charge in [0.1, 0.15) is 0 Å². The Labute approximate surface area is 117 Å². The van der Waals surface area contributed by atoms with Crippen molar-refractivity contribution in [1.29, 1.82) is 0 Å². The van der Waals surface area contributed by atoms with E-state index in [4.69, 9.17) is 5.73 Å². The van der Waals surface area contributed by atoms with Crippen LogP contribution in [0.1, 0.15) is 18.9 Å². The van der Waals surface area contributed by atoms with Crippen LogP contribution in [0.2, 0.25) is 0 Å². The van der Waals surface area contributed by atoms with Crippen LogP contribution in [0, 0.1) is 16.0 Å². The maximum Gasteiger partial charge on any atom is 0.269 e. The number of nitrogens with two attached hydrogens (primary N) is 1. The first-order chi connectivity index (χ1) is 9.47. The minimum atomic E-state index is -0.448. The second-order valence-corrected chi connectivity index (χ2v) is 5.35. The Balaban J connectivity index is 1.98. The highest BCUT2D eigenvalue weighted by Crippen LogP contribution is 2.20. The summed E-state index contributed by atoms with van der Waals surface area (Å²) in [4.78, 5) is 24.2. The Kier molecular flexibility index (Phi) is 4.34. The molecule has 0 bridgehead atoms. The molecule has 1 saturated heterocycles. The molecule has 0 aliphatic carbocycles. The van der Waals surface area contributed by atoms with Gasteiger partial charge in [0.25, 0.3) is 5.69 Å². The molecule has 2 atom stereocenters. The molecule has 1 aliphatic rings. The lowest BCUT2D eigenvalue weighted by Gasteiger charge is -2.18. The summed E-state index contributed by atoms with van der Waals surface area (Å²) in [5.74, 6) is 0.359. The van der Waals surface area contributed by atoms with E-state index in [1.54, 1.807) is 17.0 Å². The summed E-state index contributed by atoms with van der Waals surface area (Å²) >= 11 is 0. The zero-order valence-electron chi connectivity index (χ0n) is 11.5. The first-order valence-electron chi connectivity index (χ1n) is 6.74. The molecule has 1 aromatic carbocycles. The van der Waals surface area contributed by atoms with Crippen LogP contribution in [-0.4, -0.2) is 34.9 Å². The molecule has 1 amide bonds. The summed E-state index contributed by atoms with van der Waals surface area (Å²) < 4.78 is 0. The molecule has 20 heavy (non-hydrogen) atoms. The Morgan fingerprint density at radius 2 is 2.35 bits per heavy atom. The van der Waals surface area contributed by atoms with Gasteiger partial charge in [0.2, 0.25) is 5.91 Å². The van der Waals surface area contributed by atoms with Crippen LogP contribution in [0.3, 0.4) is 0 Å². The number of carbonyl (C=O) groups excluding carboxylic acids is 1. The number of hydrogen-bond donors (Lipinski definition) is 1. The number of nitrogens with zero attached hydrogens (tertiary/aromatic N) is 2. The first-order valence-corrected chi connectivity index (χ1v) is 6.74. The maximum absolute atomic E-state index is 12.2. The fourth-order valence-corrected chi connectivity index (χ4v) is 2.51. The van der Waals surface area contributed by atoms with Crippen LogP contribution in [0.15, 0.2) is 24.3 Å². The van der Waals surface area contributed by atoms with Gasteiger partial charge in [-0.2, -0.15) is 0 Å². The van der Waals surface area contributed by atoms with Gasteiger partial charge >= 0.3 is 0 Å². The molecule has 1 heterocycles. The molecule has 2 rings (SSSR count). The minimum absolute atomic E-state index is 0.00801. The van der Waals surface area contributed by atoms with Gasteiger partial charge in [-0.3, -0.25) is 14.9 Å². The summed E-state index contributed by atoms with van der Waals surface area (Å²) in [5, 5.41) is 10.7. The SMILES string of the molecule is CC(N)C1CCN(C(=O)Cc2cccc([N+](=O)[O-])c2)C1. The third-order valence-electron chi connectivity index (χ3n) is 3.80. The van der Waals surface area contributed by atoms with Gasteiger partial charge in [-0.05, 0) is 24.8 Å². The van der Waals surface area contributed by atoms with Crippen molar-refractivity contribution in [3.05, 3.63) is 39.9 Å². The molecule has 2 unspecified atom stereocenters. The average Bonchev–Trinajstić information content (AvgIpc) is 2.88. The Morgan fingerprint density at radius 3 is 2.95 bits per heavy atom. The van der Waals surface area contributed by atoms with E-state index in [-0.39, 0.29) is 24.1 Å². The number of non-ortho nitro benzene ring substituents is 1. The van der Waals surface area contributed by atoms with E-state index in [1.807, 2.05) is 6.92 Å². The lowest BCUT2D eigenvalue weighted by atomic mass is 10.0. The molecule has 0 aromatic heterocycles. The molecule has 0 saturated carbocycles. The quantitative estimate of drug-likeness (QED) is 0.664. The highest BCUT2D eigenvalue weighted by atomic mass is 16.6. The summed E-state index contributed by atoms with van der Waals surface area (Å²) in [6.45, 7) is 3.37. The zero-order valence-corrected chi connectivity index (χ0v) is 11.5. The number of amides is 1. The van der Waals surface area contributed by atoms with Crippen molar-refractivity contribution in [2.75, 3.05) is 13.1 Å². The Morgan fingerprint density at radius 1 is 1.60 bits per heavy atom. The molecule has 6 heteroatoms. The number of nitro benzene ring substituents is 1. The fourth-order valence-electron chi connectivity index (χ4n) is 2.51. The minimum Gasteiger partial charge on any atom is -0.342 e. The smallest absolute Gasteiger partial charge is 0.269 e. The normalized spacial score (nSPS) is 19.9. The van der Waals surface area contributed by atoms with Crippen molar-refractivity contribution in [2.45, 2.75) is 25.8 Å². The van der Waals surface area contributed by atoms with E-state index in [1.165, 1.54) is 12.1 Å². The summed E-state index contributed by atoms with van der Waals surface area (Å²) in [5.41, 5.74) is 6.55. The summed E-state index contributed by atoms with van der Waals surface area (Å²) in [6.07, 6.45) is 1.13.